The third-order valence-electron chi connectivity index (χ3n) is 5.17. The Morgan fingerprint density at radius 1 is 1.28 bits per heavy atom. The number of hydrogen-bond donors (Lipinski definition) is 2. The molecule has 1 aliphatic carbocycles. The molecule has 2 N–H and O–H groups in total. The number of H-pyrrole nitrogens is 1. The van der Waals surface area contributed by atoms with E-state index in [4.69, 9.17) is 4.42 Å². The van der Waals surface area contributed by atoms with Crippen molar-refractivity contribution in [3.63, 3.8) is 0 Å². The van der Waals surface area contributed by atoms with Crippen molar-refractivity contribution in [3.05, 3.63) is 74.8 Å². The second kappa shape index (κ2) is 6.44. The number of pyridine rings is 1. The van der Waals surface area contributed by atoms with Gasteiger partial charge in [0.1, 0.15) is 17.0 Å². The van der Waals surface area contributed by atoms with Crippen LogP contribution in [0.25, 0.3) is 22.0 Å². The van der Waals surface area contributed by atoms with E-state index in [0.29, 0.717) is 11.4 Å². The molecule has 1 unspecified atom stereocenters. The number of amides is 1. The molecule has 1 aromatic carbocycles. The highest BCUT2D eigenvalue weighted by atomic mass is 16.3. The first-order valence-electron chi connectivity index (χ1n) is 9.45. The van der Waals surface area contributed by atoms with Crippen molar-refractivity contribution in [2.24, 2.45) is 0 Å². The van der Waals surface area contributed by atoms with Crippen molar-refractivity contribution in [2.75, 3.05) is 0 Å². The third kappa shape index (κ3) is 3.02. The van der Waals surface area contributed by atoms with Crippen molar-refractivity contribution >= 4 is 27.9 Å². The van der Waals surface area contributed by atoms with Gasteiger partial charge in [-0.2, -0.15) is 0 Å². The molecule has 3 aromatic heterocycles. The van der Waals surface area contributed by atoms with Crippen LogP contribution in [0.2, 0.25) is 0 Å². The highest BCUT2D eigenvalue weighted by molar-refractivity contribution is 5.97. The Morgan fingerprint density at radius 2 is 2.07 bits per heavy atom. The molecule has 8 heteroatoms. The molecule has 1 aliphatic rings. The van der Waals surface area contributed by atoms with Gasteiger partial charge in [-0.25, -0.2) is 9.78 Å². The van der Waals surface area contributed by atoms with Gasteiger partial charge in [-0.1, -0.05) is 18.2 Å². The summed E-state index contributed by atoms with van der Waals surface area (Å²) in [6.45, 7) is 1.82. The average Bonchev–Trinajstić information content (AvgIpc) is 3.44. The van der Waals surface area contributed by atoms with Crippen LogP contribution in [0, 0.1) is 0 Å². The summed E-state index contributed by atoms with van der Waals surface area (Å²) in [6.07, 6.45) is 3.14. The predicted molar refractivity (Wildman–Crippen MR) is 107 cm³/mol. The fourth-order valence-electron chi connectivity index (χ4n) is 3.50. The molecule has 1 amide bonds. The lowest BCUT2D eigenvalue weighted by Crippen LogP contribution is -2.31. The van der Waals surface area contributed by atoms with Crippen LogP contribution in [0.5, 0.6) is 0 Å². The van der Waals surface area contributed by atoms with E-state index >= 15 is 0 Å². The quantitative estimate of drug-likeness (QED) is 0.557. The lowest BCUT2D eigenvalue weighted by Gasteiger charge is -2.12. The fourth-order valence-corrected chi connectivity index (χ4v) is 3.50. The van der Waals surface area contributed by atoms with Gasteiger partial charge < -0.3 is 9.73 Å². The molecule has 0 saturated heterocycles. The number of benzene rings is 1. The number of aromatic amines is 1. The predicted octanol–water partition coefficient (Wildman–Crippen LogP) is 2.66. The molecule has 29 heavy (non-hydrogen) atoms. The molecule has 1 fully saturated rings. The van der Waals surface area contributed by atoms with E-state index in [1.165, 1.54) is 16.8 Å². The Morgan fingerprint density at radius 3 is 2.83 bits per heavy atom. The molecule has 146 valence electrons. The highest BCUT2D eigenvalue weighted by Crippen LogP contribution is 2.34. The van der Waals surface area contributed by atoms with Gasteiger partial charge in [-0.05, 0) is 38.0 Å². The first kappa shape index (κ1) is 17.4. The lowest BCUT2D eigenvalue weighted by molar-refractivity contribution is 0.0935. The van der Waals surface area contributed by atoms with Gasteiger partial charge in [0.05, 0.1) is 17.0 Å². The van der Waals surface area contributed by atoms with Crippen molar-refractivity contribution in [1.29, 1.82) is 0 Å². The number of rotatable bonds is 4. The molecule has 0 radical (unpaired) electrons. The summed E-state index contributed by atoms with van der Waals surface area (Å²) in [4.78, 5) is 43.7. The van der Waals surface area contributed by atoms with Crippen LogP contribution < -0.4 is 16.6 Å². The number of carbonyl (C=O) groups is 1. The average molecular weight is 390 g/mol. The number of nitrogens with one attached hydrogen (secondary N) is 2. The fraction of sp³-hybridized carbons (Fsp3) is 0.238. The number of furan rings is 1. The monoisotopic (exact) mass is 390 g/mol. The minimum atomic E-state index is -0.547. The smallest absolute Gasteiger partial charge is 0.330 e. The van der Waals surface area contributed by atoms with E-state index in [-0.39, 0.29) is 28.9 Å². The normalized spacial score (nSPS) is 14.9. The molecule has 0 spiro atoms. The molecule has 3 heterocycles. The van der Waals surface area contributed by atoms with Crippen LogP contribution in [0.3, 0.4) is 0 Å². The molecular weight excluding hydrogens is 372 g/mol. The van der Waals surface area contributed by atoms with Crippen LogP contribution in [0.4, 0.5) is 0 Å². The maximum atomic E-state index is 12.7. The van der Waals surface area contributed by atoms with Gasteiger partial charge in [-0.3, -0.25) is 19.1 Å². The van der Waals surface area contributed by atoms with E-state index in [9.17, 15) is 14.4 Å². The molecule has 1 atom stereocenters. The molecule has 4 aromatic rings. The van der Waals surface area contributed by atoms with Crippen molar-refractivity contribution < 1.29 is 9.21 Å². The van der Waals surface area contributed by atoms with Gasteiger partial charge in [0.25, 0.3) is 11.5 Å². The second-order valence-corrected chi connectivity index (χ2v) is 7.34. The summed E-state index contributed by atoms with van der Waals surface area (Å²) in [5.41, 5.74) is 0.290. The summed E-state index contributed by atoms with van der Waals surface area (Å²) in [5.74, 6) is 0.254. The van der Waals surface area contributed by atoms with Gasteiger partial charge in [-0.15, -0.1) is 0 Å². The largest absolute Gasteiger partial charge is 0.459 e. The van der Waals surface area contributed by atoms with Gasteiger partial charge in [0.15, 0.2) is 0 Å². The van der Waals surface area contributed by atoms with Crippen LogP contribution in [0.1, 0.15) is 48.0 Å². The maximum absolute atomic E-state index is 12.7. The van der Waals surface area contributed by atoms with Gasteiger partial charge in [0.2, 0.25) is 0 Å². The van der Waals surface area contributed by atoms with Crippen LogP contribution in [-0.4, -0.2) is 20.4 Å². The molecule has 1 saturated carbocycles. The zero-order valence-corrected chi connectivity index (χ0v) is 15.6. The first-order valence-corrected chi connectivity index (χ1v) is 9.45. The second-order valence-electron chi connectivity index (χ2n) is 7.34. The standard InChI is InChI=1S/C21H18N4O4/c1-11(17-9-12-4-2-3-5-16(12)29-17)23-19(26)13-8-15-18(22-10-13)25(14-6-7-14)21(28)24-20(15)27/h2-5,8-11,14H,6-7H2,1H3,(H,23,26)(H,24,27,28). The van der Waals surface area contributed by atoms with Gasteiger partial charge in [0, 0.05) is 17.6 Å². The molecule has 5 rings (SSSR count). The van der Waals surface area contributed by atoms with E-state index < -0.39 is 11.2 Å². The Labute approximate surface area is 164 Å². The molecule has 0 aliphatic heterocycles. The summed E-state index contributed by atoms with van der Waals surface area (Å²) in [6, 6.07) is 10.7. The number of carbonyl (C=O) groups excluding carboxylic acids is 1. The van der Waals surface area contributed by atoms with Crippen LogP contribution in [-0.2, 0) is 0 Å². The van der Waals surface area contributed by atoms with Crippen molar-refractivity contribution in [1.82, 2.24) is 19.9 Å². The summed E-state index contributed by atoms with van der Waals surface area (Å²) < 4.78 is 7.29. The Hall–Kier alpha value is -3.68. The van der Waals surface area contributed by atoms with E-state index in [0.717, 1.165) is 23.8 Å². The Bertz CT molecular complexity index is 1340. The maximum Gasteiger partial charge on any atom is 0.330 e. The highest BCUT2D eigenvalue weighted by Gasteiger charge is 2.28. The SMILES string of the molecule is CC(NC(=O)c1cnc2c(c1)c(=O)[nH]c(=O)n2C1CC1)c1cc2ccccc2o1. The zero-order valence-electron chi connectivity index (χ0n) is 15.6. The number of fused-ring (bicyclic) bond motifs is 2. The van der Waals surface area contributed by atoms with E-state index in [2.05, 4.69) is 15.3 Å². The Kier molecular flexibility index (Phi) is 3.87. The Balaban J connectivity index is 1.46. The van der Waals surface area contributed by atoms with Crippen molar-refractivity contribution in [2.45, 2.75) is 31.8 Å². The third-order valence-corrected chi connectivity index (χ3v) is 5.17. The van der Waals surface area contributed by atoms with Crippen LogP contribution >= 0.6 is 0 Å². The molecule has 0 bridgehead atoms. The number of aromatic nitrogens is 3. The minimum absolute atomic E-state index is 0.0575. The molecule has 8 nitrogen and oxygen atoms in total. The van der Waals surface area contributed by atoms with E-state index in [1.807, 2.05) is 37.3 Å². The minimum Gasteiger partial charge on any atom is -0.459 e. The van der Waals surface area contributed by atoms with Crippen LogP contribution in [0.15, 0.2) is 56.6 Å². The zero-order chi connectivity index (χ0) is 20.1. The summed E-state index contributed by atoms with van der Waals surface area (Å²) >= 11 is 0. The number of nitrogens with zero attached hydrogens (tertiary/aromatic N) is 2. The first-order chi connectivity index (χ1) is 14.0. The number of para-hydroxylation sites is 1. The summed E-state index contributed by atoms with van der Waals surface area (Å²) in [5, 5.41) is 4.05. The number of hydrogen-bond acceptors (Lipinski definition) is 5. The summed E-state index contributed by atoms with van der Waals surface area (Å²) in [7, 11) is 0. The van der Waals surface area contributed by atoms with Crippen molar-refractivity contribution in [3.8, 4) is 0 Å². The topological polar surface area (TPSA) is 110 Å². The van der Waals surface area contributed by atoms with Gasteiger partial charge >= 0.3 is 5.69 Å². The lowest BCUT2D eigenvalue weighted by atomic mass is 10.2. The van der Waals surface area contributed by atoms with E-state index in [1.54, 1.807) is 0 Å². The molecular formula is C21H18N4O4.